The molecule has 2 heteroatoms. The first-order chi connectivity index (χ1) is 5.38. The molecule has 1 atom stereocenters. The fourth-order valence-electron chi connectivity index (χ4n) is 1.37. The van der Waals surface area contributed by atoms with E-state index in [1.54, 1.807) is 6.20 Å². The zero-order chi connectivity index (χ0) is 7.68. The number of allylic oxidation sites excluding steroid dienone is 2. The molecule has 2 heterocycles. The number of hydrogen-bond donors (Lipinski definition) is 1. The van der Waals surface area contributed by atoms with E-state index in [0.29, 0.717) is 6.04 Å². The van der Waals surface area contributed by atoms with E-state index >= 15 is 0 Å². The highest BCUT2D eigenvalue weighted by molar-refractivity contribution is 6.06. The maximum absolute atomic E-state index is 4.28. The van der Waals surface area contributed by atoms with Crippen molar-refractivity contribution >= 4 is 5.71 Å². The van der Waals surface area contributed by atoms with E-state index < -0.39 is 0 Å². The second-order valence-electron chi connectivity index (χ2n) is 2.77. The zero-order valence-electron chi connectivity index (χ0n) is 6.46. The molecule has 0 saturated carbocycles. The summed E-state index contributed by atoms with van der Waals surface area (Å²) in [4.78, 5) is 4.28. The lowest BCUT2D eigenvalue weighted by Crippen LogP contribution is -2.22. The molecule has 0 radical (unpaired) electrons. The minimum absolute atomic E-state index is 0.394. The average Bonchev–Trinajstić information content (AvgIpc) is 2.25. The second kappa shape index (κ2) is 2.50. The van der Waals surface area contributed by atoms with Gasteiger partial charge in [-0.25, -0.2) is 0 Å². The first kappa shape index (κ1) is 6.59. The lowest BCUT2D eigenvalue weighted by Gasteiger charge is -2.00. The molecule has 2 aliphatic heterocycles. The summed E-state index contributed by atoms with van der Waals surface area (Å²) in [6.07, 6.45) is 5.70. The van der Waals surface area contributed by atoms with Gasteiger partial charge in [0, 0.05) is 12.6 Å². The van der Waals surface area contributed by atoms with Crippen LogP contribution < -0.4 is 5.32 Å². The third-order valence-corrected chi connectivity index (χ3v) is 2.00. The van der Waals surface area contributed by atoms with Crippen LogP contribution in [-0.2, 0) is 0 Å². The van der Waals surface area contributed by atoms with Gasteiger partial charge in [-0.3, -0.25) is 4.99 Å². The molecule has 1 saturated heterocycles. The largest absolute Gasteiger partial charge is 0.305 e. The fourth-order valence-corrected chi connectivity index (χ4v) is 1.37. The number of nitrogens with one attached hydrogen (secondary N) is 1. The van der Waals surface area contributed by atoms with Crippen molar-refractivity contribution in [1.29, 1.82) is 0 Å². The number of hydrogen-bond acceptors (Lipinski definition) is 2. The van der Waals surface area contributed by atoms with Gasteiger partial charge < -0.3 is 5.32 Å². The minimum Gasteiger partial charge on any atom is -0.305 e. The maximum atomic E-state index is 4.28. The van der Waals surface area contributed by atoms with E-state index in [4.69, 9.17) is 0 Å². The van der Waals surface area contributed by atoms with Crippen LogP contribution in [0.25, 0.3) is 0 Å². The van der Waals surface area contributed by atoms with Crippen molar-refractivity contribution in [3.05, 3.63) is 29.7 Å². The molecule has 1 unspecified atom stereocenters. The van der Waals surface area contributed by atoms with Crippen LogP contribution in [0.5, 0.6) is 0 Å². The van der Waals surface area contributed by atoms with Gasteiger partial charge in [-0.05, 0) is 24.6 Å². The number of rotatable bonds is 0. The van der Waals surface area contributed by atoms with Gasteiger partial charge in [0.2, 0.25) is 0 Å². The molecule has 0 aliphatic carbocycles. The predicted molar refractivity (Wildman–Crippen MR) is 45.6 cm³/mol. The molecule has 0 aromatic rings. The van der Waals surface area contributed by atoms with Crippen molar-refractivity contribution in [2.45, 2.75) is 13.0 Å². The van der Waals surface area contributed by atoms with Crippen molar-refractivity contribution in [2.75, 3.05) is 6.54 Å². The SMILES string of the molecule is CC1NCC2=CC=C=CN=C21. The van der Waals surface area contributed by atoms with E-state index in [-0.39, 0.29) is 0 Å². The Morgan fingerprint density at radius 3 is 3.55 bits per heavy atom. The van der Waals surface area contributed by atoms with Gasteiger partial charge >= 0.3 is 0 Å². The lowest BCUT2D eigenvalue weighted by molar-refractivity contribution is 0.756. The van der Waals surface area contributed by atoms with Crippen molar-refractivity contribution in [3.8, 4) is 0 Å². The average molecular weight is 146 g/mol. The first-order valence-electron chi connectivity index (χ1n) is 3.79. The van der Waals surface area contributed by atoms with Crippen LogP contribution in [-0.4, -0.2) is 18.3 Å². The summed E-state index contributed by atoms with van der Waals surface area (Å²) in [5, 5.41) is 3.32. The Bertz CT molecular complexity index is 291. The molecule has 2 nitrogen and oxygen atoms in total. The van der Waals surface area contributed by atoms with E-state index in [1.165, 1.54) is 5.57 Å². The molecule has 0 bridgehead atoms. The molecule has 1 fully saturated rings. The molecular weight excluding hydrogens is 136 g/mol. The van der Waals surface area contributed by atoms with Gasteiger partial charge in [-0.15, -0.1) is 5.73 Å². The van der Waals surface area contributed by atoms with Gasteiger partial charge in [-0.2, -0.15) is 0 Å². The monoisotopic (exact) mass is 146 g/mol. The van der Waals surface area contributed by atoms with Crippen molar-refractivity contribution in [2.24, 2.45) is 4.99 Å². The predicted octanol–water partition coefficient (Wildman–Crippen LogP) is 1.03. The third kappa shape index (κ3) is 1.07. The Labute approximate surface area is 66.0 Å². The van der Waals surface area contributed by atoms with E-state index in [9.17, 15) is 0 Å². The highest BCUT2D eigenvalue weighted by atomic mass is 15.0. The Morgan fingerprint density at radius 2 is 2.64 bits per heavy atom. The topological polar surface area (TPSA) is 24.4 Å². The van der Waals surface area contributed by atoms with E-state index in [1.807, 2.05) is 6.08 Å². The van der Waals surface area contributed by atoms with Crippen molar-refractivity contribution < 1.29 is 0 Å². The van der Waals surface area contributed by atoms with E-state index in [2.05, 4.69) is 29.0 Å². The summed E-state index contributed by atoms with van der Waals surface area (Å²) in [5.41, 5.74) is 5.40. The molecule has 0 amide bonds. The lowest BCUT2D eigenvalue weighted by atomic mass is 10.1. The summed E-state index contributed by atoms with van der Waals surface area (Å²) in [6.45, 7) is 3.06. The van der Waals surface area contributed by atoms with Crippen molar-refractivity contribution in [3.63, 3.8) is 0 Å². The summed E-state index contributed by atoms with van der Waals surface area (Å²) < 4.78 is 0. The van der Waals surface area contributed by atoms with Gasteiger partial charge in [0.15, 0.2) is 0 Å². The molecule has 1 N–H and O–H groups in total. The van der Waals surface area contributed by atoms with Crippen LogP contribution in [0.4, 0.5) is 0 Å². The molecule has 56 valence electrons. The Hall–Kier alpha value is -1.11. The first-order valence-corrected chi connectivity index (χ1v) is 3.79. The number of aliphatic imine (C=N–C) groups is 1. The van der Waals surface area contributed by atoms with Gasteiger partial charge in [0.1, 0.15) is 0 Å². The van der Waals surface area contributed by atoms with Crippen LogP contribution in [0.1, 0.15) is 6.92 Å². The Morgan fingerprint density at radius 1 is 1.73 bits per heavy atom. The third-order valence-electron chi connectivity index (χ3n) is 2.00. The van der Waals surface area contributed by atoms with Crippen LogP contribution in [0.3, 0.4) is 0 Å². The van der Waals surface area contributed by atoms with Gasteiger partial charge in [0.25, 0.3) is 0 Å². The summed E-state index contributed by atoms with van der Waals surface area (Å²) in [6, 6.07) is 0.394. The van der Waals surface area contributed by atoms with Gasteiger partial charge in [-0.1, -0.05) is 0 Å². The quantitative estimate of drug-likeness (QED) is 0.507. The second-order valence-corrected chi connectivity index (χ2v) is 2.77. The van der Waals surface area contributed by atoms with Crippen LogP contribution in [0.2, 0.25) is 0 Å². The highest BCUT2D eigenvalue weighted by Crippen LogP contribution is 2.11. The smallest absolute Gasteiger partial charge is 0.0690 e. The summed E-state index contributed by atoms with van der Waals surface area (Å²) in [7, 11) is 0. The molecule has 0 aromatic heterocycles. The molecular formula is C9H10N2. The normalized spacial score (nSPS) is 27.5. The maximum Gasteiger partial charge on any atom is 0.0690 e. The molecule has 0 spiro atoms. The van der Waals surface area contributed by atoms with E-state index in [0.717, 1.165) is 12.3 Å². The fraction of sp³-hybridized carbons (Fsp3) is 0.333. The molecule has 2 rings (SSSR count). The van der Waals surface area contributed by atoms with Crippen LogP contribution in [0, 0.1) is 0 Å². The summed E-state index contributed by atoms with van der Waals surface area (Å²) >= 11 is 0. The van der Waals surface area contributed by atoms with Gasteiger partial charge in [0.05, 0.1) is 11.9 Å². The molecule has 0 aromatic carbocycles. The van der Waals surface area contributed by atoms with Crippen LogP contribution >= 0.6 is 0 Å². The molecule has 2 aliphatic rings. The number of fused-ring (bicyclic) bond motifs is 1. The Balaban J connectivity index is 2.43. The molecule has 11 heavy (non-hydrogen) atoms. The Kier molecular flexibility index (Phi) is 1.50. The summed E-state index contributed by atoms with van der Waals surface area (Å²) in [5.74, 6) is 0. The highest BCUT2D eigenvalue weighted by Gasteiger charge is 2.21. The minimum atomic E-state index is 0.394. The number of nitrogens with zero attached hydrogens (tertiary/aromatic N) is 1. The standard InChI is InChI=1S/C9H10N2/c1-7-9-8(6-11-7)4-2-3-5-10-9/h2,4-5,7,11H,6H2,1H3. The van der Waals surface area contributed by atoms with Crippen LogP contribution in [0.15, 0.2) is 34.6 Å². The van der Waals surface area contributed by atoms with Crippen molar-refractivity contribution in [1.82, 2.24) is 5.32 Å². The zero-order valence-corrected chi connectivity index (χ0v) is 6.46.